The van der Waals surface area contributed by atoms with Gasteiger partial charge in [0, 0.05) is 11.6 Å². The minimum atomic E-state index is -4.75. The highest BCUT2D eigenvalue weighted by Gasteiger charge is 2.30. The Labute approximate surface area is 168 Å². The summed E-state index contributed by atoms with van der Waals surface area (Å²) in [7, 11) is 0. The van der Waals surface area contributed by atoms with Crippen molar-refractivity contribution in [2.24, 2.45) is 0 Å². The van der Waals surface area contributed by atoms with Crippen LogP contribution in [0.3, 0.4) is 0 Å². The summed E-state index contributed by atoms with van der Waals surface area (Å²) >= 11 is 5.82. The van der Waals surface area contributed by atoms with E-state index in [0.717, 1.165) is 23.9 Å². The topological polar surface area (TPSA) is 56.3 Å². The van der Waals surface area contributed by atoms with Gasteiger partial charge in [0.25, 0.3) is 0 Å². The predicted molar refractivity (Wildman–Crippen MR) is 98.2 cm³/mol. The highest BCUT2D eigenvalue weighted by Crippen LogP contribution is 2.23. The maximum atomic E-state index is 13.9. The number of aromatic nitrogens is 2. The van der Waals surface area contributed by atoms with Gasteiger partial charge in [0.15, 0.2) is 11.6 Å². The lowest BCUT2D eigenvalue weighted by molar-refractivity contribution is -0.274. The third kappa shape index (κ3) is 6.49. The van der Waals surface area contributed by atoms with Gasteiger partial charge in [-0.25, -0.2) is 9.37 Å². The van der Waals surface area contributed by atoms with Crippen molar-refractivity contribution in [2.75, 3.05) is 5.32 Å². The molecule has 10 heteroatoms. The fourth-order valence-electron chi connectivity index (χ4n) is 2.27. The molecule has 0 bridgehead atoms. The Hall–Kier alpha value is -3.07. The molecule has 5 nitrogen and oxygen atoms in total. The Morgan fingerprint density at radius 2 is 1.62 bits per heavy atom. The Morgan fingerprint density at radius 3 is 2.28 bits per heavy atom. The molecule has 29 heavy (non-hydrogen) atoms. The van der Waals surface area contributed by atoms with E-state index >= 15 is 0 Å². The molecule has 1 heterocycles. The van der Waals surface area contributed by atoms with Crippen LogP contribution in [0.1, 0.15) is 11.1 Å². The van der Waals surface area contributed by atoms with Crippen LogP contribution in [-0.2, 0) is 13.2 Å². The van der Waals surface area contributed by atoms with Gasteiger partial charge in [-0.1, -0.05) is 35.9 Å². The summed E-state index contributed by atoms with van der Waals surface area (Å²) in [5, 5.41) is 3.44. The second-order valence-electron chi connectivity index (χ2n) is 5.81. The number of hydrogen-bond acceptors (Lipinski definition) is 5. The van der Waals surface area contributed by atoms with E-state index in [1.807, 2.05) is 0 Å². The zero-order valence-electron chi connectivity index (χ0n) is 14.7. The van der Waals surface area contributed by atoms with E-state index in [2.05, 4.69) is 20.0 Å². The SMILES string of the molecule is Fc1cnc(OCc2ccc(OC(F)(F)F)cc2)nc1NCc1ccc(Cl)cc1. The average Bonchev–Trinajstić information content (AvgIpc) is 2.67. The summed E-state index contributed by atoms with van der Waals surface area (Å²) in [6.07, 6.45) is -3.79. The van der Waals surface area contributed by atoms with Gasteiger partial charge in [-0.3, -0.25) is 0 Å². The van der Waals surface area contributed by atoms with Gasteiger partial charge in [0.05, 0.1) is 6.20 Å². The van der Waals surface area contributed by atoms with Crippen LogP contribution in [-0.4, -0.2) is 16.3 Å². The van der Waals surface area contributed by atoms with Crippen molar-refractivity contribution in [3.63, 3.8) is 0 Å². The monoisotopic (exact) mass is 427 g/mol. The predicted octanol–water partition coefficient (Wildman–Crippen LogP) is 5.36. The lowest BCUT2D eigenvalue weighted by Crippen LogP contribution is -2.17. The highest BCUT2D eigenvalue weighted by atomic mass is 35.5. The molecule has 3 aromatic rings. The molecule has 3 rings (SSSR count). The molecular weight excluding hydrogens is 414 g/mol. The molecule has 0 aliphatic carbocycles. The van der Waals surface area contributed by atoms with E-state index in [1.54, 1.807) is 24.3 Å². The van der Waals surface area contributed by atoms with Crippen LogP contribution in [0.15, 0.2) is 54.7 Å². The fourth-order valence-corrected chi connectivity index (χ4v) is 2.39. The zero-order valence-corrected chi connectivity index (χ0v) is 15.5. The van der Waals surface area contributed by atoms with Crippen molar-refractivity contribution in [2.45, 2.75) is 19.5 Å². The molecule has 0 aliphatic heterocycles. The largest absolute Gasteiger partial charge is 0.573 e. The van der Waals surface area contributed by atoms with Crippen LogP contribution in [0.2, 0.25) is 5.02 Å². The van der Waals surface area contributed by atoms with Gasteiger partial charge < -0.3 is 14.8 Å². The summed E-state index contributed by atoms with van der Waals surface area (Å²) < 4.78 is 59.6. The van der Waals surface area contributed by atoms with Crippen LogP contribution >= 0.6 is 11.6 Å². The number of halogens is 5. The van der Waals surface area contributed by atoms with Crippen molar-refractivity contribution in [1.82, 2.24) is 9.97 Å². The summed E-state index contributed by atoms with van der Waals surface area (Å²) in [4.78, 5) is 7.71. The van der Waals surface area contributed by atoms with Gasteiger partial charge in [0.2, 0.25) is 0 Å². The third-order valence-electron chi connectivity index (χ3n) is 3.62. The maximum Gasteiger partial charge on any atom is 0.573 e. The zero-order chi connectivity index (χ0) is 20.9. The van der Waals surface area contributed by atoms with Crippen LogP contribution < -0.4 is 14.8 Å². The molecule has 1 aromatic heterocycles. The van der Waals surface area contributed by atoms with Gasteiger partial charge in [0.1, 0.15) is 12.4 Å². The Bertz CT molecular complexity index is 951. The smallest absolute Gasteiger partial charge is 0.459 e. The summed E-state index contributed by atoms with van der Waals surface area (Å²) in [6, 6.07) is 12.1. The normalized spacial score (nSPS) is 11.2. The number of nitrogens with one attached hydrogen (secondary N) is 1. The van der Waals surface area contributed by atoms with Crippen molar-refractivity contribution in [3.05, 3.63) is 76.7 Å². The van der Waals surface area contributed by atoms with Crippen LogP contribution in [0, 0.1) is 5.82 Å². The third-order valence-corrected chi connectivity index (χ3v) is 3.87. The quantitative estimate of drug-likeness (QED) is 0.514. The van der Waals surface area contributed by atoms with E-state index in [0.29, 0.717) is 17.1 Å². The van der Waals surface area contributed by atoms with Crippen molar-refractivity contribution in [3.8, 4) is 11.8 Å². The molecule has 0 atom stereocenters. The van der Waals surface area contributed by atoms with Crippen LogP contribution in [0.25, 0.3) is 0 Å². The van der Waals surface area contributed by atoms with E-state index in [4.69, 9.17) is 16.3 Å². The number of rotatable bonds is 7. The Kier molecular flexibility index (Phi) is 6.38. The first kappa shape index (κ1) is 20.7. The molecule has 0 aliphatic rings. The number of ether oxygens (including phenoxy) is 2. The first-order chi connectivity index (χ1) is 13.8. The van der Waals surface area contributed by atoms with Crippen molar-refractivity contribution in [1.29, 1.82) is 0 Å². The molecule has 0 spiro atoms. The van der Waals surface area contributed by atoms with Crippen molar-refractivity contribution >= 4 is 17.4 Å². The van der Waals surface area contributed by atoms with Crippen molar-refractivity contribution < 1.29 is 27.0 Å². The number of hydrogen-bond donors (Lipinski definition) is 1. The second-order valence-corrected chi connectivity index (χ2v) is 6.25. The molecule has 0 saturated carbocycles. The molecule has 2 aromatic carbocycles. The fraction of sp³-hybridized carbons (Fsp3) is 0.158. The number of benzene rings is 2. The van der Waals surface area contributed by atoms with E-state index < -0.39 is 12.2 Å². The summed E-state index contributed by atoms with van der Waals surface area (Å²) in [5.41, 5.74) is 1.43. The molecule has 1 N–H and O–H groups in total. The molecule has 0 amide bonds. The lowest BCUT2D eigenvalue weighted by Gasteiger charge is -2.10. The highest BCUT2D eigenvalue weighted by molar-refractivity contribution is 6.30. The standard InChI is InChI=1S/C19H14ClF4N3O2/c20-14-5-1-12(2-6-14)9-25-17-16(21)10-26-18(27-17)28-11-13-3-7-15(8-4-13)29-19(22,23)24/h1-8,10H,9,11H2,(H,25,26,27). The Balaban J connectivity index is 1.58. The minimum absolute atomic E-state index is 0.0193. The molecule has 0 fully saturated rings. The van der Waals surface area contributed by atoms with Gasteiger partial charge in [-0.2, -0.15) is 4.98 Å². The van der Waals surface area contributed by atoms with E-state index in [9.17, 15) is 17.6 Å². The minimum Gasteiger partial charge on any atom is -0.459 e. The molecule has 0 unspecified atom stereocenters. The number of alkyl halides is 3. The van der Waals surface area contributed by atoms with Gasteiger partial charge in [-0.15, -0.1) is 13.2 Å². The maximum absolute atomic E-state index is 13.9. The number of nitrogens with zero attached hydrogens (tertiary/aromatic N) is 2. The van der Waals surface area contributed by atoms with E-state index in [1.165, 1.54) is 12.1 Å². The first-order valence-electron chi connectivity index (χ1n) is 8.27. The molecular formula is C19H14ClF4N3O2. The van der Waals surface area contributed by atoms with Gasteiger partial charge >= 0.3 is 12.4 Å². The summed E-state index contributed by atoms with van der Waals surface area (Å²) in [5.74, 6) is -1.04. The van der Waals surface area contributed by atoms with Crippen LogP contribution in [0.4, 0.5) is 23.4 Å². The van der Waals surface area contributed by atoms with E-state index in [-0.39, 0.29) is 24.2 Å². The second kappa shape index (κ2) is 8.95. The summed E-state index contributed by atoms with van der Waals surface area (Å²) in [6.45, 7) is 0.291. The first-order valence-corrected chi connectivity index (χ1v) is 8.65. The molecule has 0 saturated heterocycles. The molecule has 152 valence electrons. The average molecular weight is 428 g/mol. The number of anilines is 1. The van der Waals surface area contributed by atoms with Crippen LogP contribution in [0.5, 0.6) is 11.8 Å². The molecule has 0 radical (unpaired) electrons. The Morgan fingerprint density at radius 1 is 0.966 bits per heavy atom. The lowest BCUT2D eigenvalue weighted by atomic mass is 10.2. The van der Waals surface area contributed by atoms with Gasteiger partial charge in [-0.05, 0) is 35.4 Å².